The van der Waals surface area contributed by atoms with Crippen LogP contribution in [0.25, 0.3) is 0 Å². The van der Waals surface area contributed by atoms with E-state index in [-0.39, 0.29) is 42.6 Å². The number of carbonyl (C=O) groups excluding carboxylic acids is 6. The van der Waals surface area contributed by atoms with Crippen molar-refractivity contribution in [2.24, 2.45) is 16.7 Å². The lowest BCUT2D eigenvalue weighted by molar-refractivity contribution is -0.344. The van der Waals surface area contributed by atoms with Crippen LogP contribution in [0, 0.1) is 16.7 Å². The number of hydrogen-bond acceptors (Lipinski definition) is 14. The lowest BCUT2D eigenvalue weighted by atomic mass is 9.44. The summed E-state index contributed by atoms with van der Waals surface area (Å²) in [6.07, 6.45) is -8.35. The van der Waals surface area contributed by atoms with Gasteiger partial charge in [-0.25, -0.2) is 9.59 Å². The molecule has 4 fully saturated rings. The molecule has 7 rings (SSSR count). The SMILES string of the molecule is CC[Si](CC)(CC)O[C@H]1C[C@H]2OC[C@@]2(OC(C)=O)[C@H]2[C@H](OC(=O)c3ccccc3)[C@]3(O)C[C@H](OC(=O)[C@H](O)C4(NC(=O)c5ccccc5)CC4)C(C)=C([C@@H](OC(C)=O)C(=O)[C@]12C)C3(C)C. The maximum absolute atomic E-state index is 16.2. The lowest BCUT2D eigenvalue weighted by Gasteiger charge is -2.68. The van der Waals surface area contributed by atoms with Gasteiger partial charge in [0.25, 0.3) is 5.91 Å². The zero-order chi connectivity index (χ0) is 47.5. The molecule has 3 saturated carbocycles. The van der Waals surface area contributed by atoms with Crippen molar-refractivity contribution < 1.29 is 67.1 Å². The zero-order valence-electron chi connectivity index (χ0n) is 38.8. The highest BCUT2D eigenvalue weighted by Crippen LogP contribution is 2.65. The van der Waals surface area contributed by atoms with E-state index in [0.717, 1.165) is 6.92 Å². The fourth-order valence-electron chi connectivity index (χ4n) is 11.4. The first kappa shape index (κ1) is 48.2. The van der Waals surface area contributed by atoms with Gasteiger partial charge >= 0.3 is 23.9 Å². The summed E-state index contributed by atoms with van der Waals surface area (Å²) < 4.78 is 38.7. The lowest BCUT2D eigenvalue weighted by Crippen LogP contribution is -2.82. The molecule has 3 N–H and O–H groups in total. The van der Waals surface area contributed by atoms with E-state index in [1.54, 1.807) is 88.4 Å². The van der Waals surface area contributed by atoms with E-state index in [4.69, 9.17) is 28.1 Å². The van der Waals surface area contributed by atoms with Gasteiger partial charge in [-0.2, -0.15) is 0 Å². The molecule has 15 nitrogen and oxygen atoms in total. The standard InChI is InChI=1S/C49H63NO14Si/c1-10-65(11-2,12-3)64-34-25-35-48(27-59-35,63-30(6)52)38-41(62-43(56)32-21-17-14-18-22-32)49(58)26-33(28(4)36(45(49,7)8)37(60-29(5)51)39(53)46(34,38)9)61-44(57)40(54)47(23-24-47)50-42(55)31-19-15-13-16-20-31/h13-22,33-35,37-38,40-41,54,58H,10-12,23-27H2,1-9H3,(H,50,55)/t33-,34-,35+,37+,38-,40-,41-,46+,48-,49+/m0/s1. The summed E-state index contributed by atoms with van der Waals surface area (Å²) in [7, 11) is -2.61. The number of benzene rings is 2. The number of aliphatic hydroxyl groups excluding tert-OH is 1. The van der Waals surface area contributed by atoms with Crippen LogP contribution in [0.2, 0.25) is 18.1 Å². The first-order chi connectivity index (χ1) is 30.6. The second-order valence-electron chi connectivity index (χ2n) is 19.4. The van der Waals surface area contributed by atoms with Gasteiger partial charge in [-0.1, -0.05) is 71.0 Å². The van der Waals surface area contributed by atoms with E-state index in [1.807, 2.05) is 20.8 Å². The Kier molecular flexibility index (Phi) is 13.0. The molecule has 0 unspecified atom stereocenters. The maximum atomic E-state index is 16.2. The first-order valence-electron chi connectivity index (χ1n) is 22.8. The molecule has 16 heteroatoms. The highest BCUT2D eigenvalue weighted by molar-refractivity contribution is 6.73. The number of rotatable bonds is 14. The fraction of sp³-hybridized carbons (Fsp3) is 0.592. The average molecular weight is 918 g/mol. The van der Waals surface area contributed by atoms with Gasteiger partial charge in [-0.05, 0) is 80.2 Å². The monoisotopic (exact) mass is 917 g/mol. The number of carbonyl (C=O) groups is 6. The van der Waals surface area contributed by atoms with Crippen molar-refractivity contribution in [3.63, 3.8) is 0 Å². The molecule has 4 aliphatic carbocycles. The van der Waals surface area contributed by atoms with Crippen LogP contribution in [0.15, 0.2) is 71.8 Å². The number of ketones is 1. The molecule has 2 aromatic rings. The number of hydrogen-bond donors (Lipinski definition) is 3. The molecular weight excluding hydrogens is 855 g/mol. The summed E-state index contributed by atoms with van der Waals surface area (Å²) in [5.74, 6) is -6.05. The van der Waals surface area contributed by atoms with E-state index in [1.165, 1.54) is 6.92 Å². The van der Waals surface area contributed by atoms with E-state index in [9.17, 15) is 34.2 Å². The number of esters is 4. The molecule has 5 aliphatic rings. The van der Waals surface area contributed by atoms with Gasteiger partial charge in [0.2, 0.25) is 0 Å². The molecule has 2 bridgehead atoms. The van der Waals surface area contributed by atoms with Crippen molar-refractivity contribution in [3.05, 3.63) is 82.9 Å². The highest BCUT2D eigenvalue weighted by Gasteiger charge is 2.79. The average Bonchev–Trinajstić information content (AvgIpc) is 4.06. The molecule has 2 aromatic carbocycles. The van der Waals surface area contributed by atoms with Crippen molar-refractivity contribution in [2.75, 3.05) is 6.61 Å². The van der Waals surface area contributed by atoms with Gasteiger partial charge in [0.1, 0.15) is 23.9 Å². The number of ether oxygens (including phenoxy) is 5. The van der Waals surface area contributed by atoms with Crippen LogP contribution in [-0.2, 0) is 47.3 Å². The molecule has 0 aromatic heterocycles. The van der Waals surface area contributed by atoms with Gasteiger partial charge < -0.3 is 43.6 Å². The third kappa shape index (κ3) is 7.96. The summed E-state index contributed by atoms with van der Waals surface area (Å²) in [5.41, 5.74) is -7.92. The minimum absolute atomic E-state index is 0.0907. The summed E-state index contributed by atoms with van der Waals surface area (Å²) in [5, 5.41) is 28.4. The summed E-state index contributed by atoms with van der Waals surface area (Å²) in [6, 6.07) is 18.5. The van der Waals surface area contributed by atoms with Crippen LogP contribution in [0.3, 0.4) is 0 Å². The van der Waals surface area contributed by atoms with Crippen LogP contribution >= 0.6 is 0 Å². The van der Waals surface area contributed by atoms with Crippen LogP contribution in [0.5, 0.6) is 0 Å². The molecule has 352 valence electrons. The third-order valence-corrected chi connectivity index (χ3v) is 20.3. The number of Topliss-reactive ketones (excluding diaryl/α,β-unsaturated/α-hetero) is 1. The molecule has 1 aliphatic heterocycles. The third-order valence-electron chi connectivity index (χ3n) is 15.7. The molecule has 65 heavy (non-hydrogen) atoms. The Balaban J connectivity index is 1.43. The van der Waals surface area contributed by atoms with Gasteiger partial charge in [0.15, 0.2) is 31.9 Å². The fourth-order valence-corrected chi connectivity index (χ4v) is 14.3. The Morgan fingerprint density at radius 1 is 0.862 bits per heavy atom. The summed E-state index contributed by atoms with van der Waals surface area (Å²) in [4.78, 5) is 84.9. The number of nitrogens with one attached hydrogen (secondary N) is 1. The van der Waals surface area contributed by atoms with E-state index in [0.29, 0.717) is 23.7 Å². The van der Waals surface area contributed by atoms with E-state index < -0.39 is 120 Å². The Morgan fingerprint density at radius 2 is 1.45 bits per heavy atom. The second kappa shape index (κ2) is 17.5. The van der Waals surface area contributed by atoms with Crippen molar-refractivity contribution in [1.29, 1.82) is 0 Å². The topological polar surface area (TPSA) is 210 Å². The van der Waals surface area contributed by atoms with E-state index in [2.05, 4.69) is 5.32 Å². The second-order valence-corrected chi connectivity index (χ2v) is 24.1. The maximum Gasteiger partial charge on any atom is 0.338 e. The normalized spacial score (nSPS) is 32.4. The quantitative estimate of drug-likeness (QED) is 0.0918. The molecular formula is C49H63NO14Si. The number of amides is 1. The van der Waals surface area contributed by atoms with Crippen LogP contribution < -0.4 is 5.32 Å². The minimum atomic E-state index is -2.61. The molecule has 1 heterocycles. The van der Waals surface area contributed by atoms with Crippen molar-refractivity contribution in [1.82, 2.24) is 5.32 Å². The van der Waals surface area contributed by atoms with Crippen LogP contribution in [-0.4, -0.2) is 114 Å². The summed E-state index contributed by atoms with van der Waals surface area (Å²) in [6.45, 7) is 14.8. The van der Waals surface area contributed by atoms with Crippen LogP contribution in [0.1, 0.15) is 109 Å². The number of aliphatic hydroxyl groups is 2. The van der Waals surface area contributed by atoms with Gasteiger partial charge in [-0.15, -0.1) is 0 Å². The molecule has 0 spiro atoms. The molecule has 1 amide bonds. The Hall–Kier alpha value is -4.74. The largest absolute Gasteiger partial charge is 0.456 e. The Labute approximate surface area is 381 Å². The number of fused-ring (bicyclic) bond motifs is 5. The first-order valence-corrected chi connectivity index (χ1v) is 25.3. The predicted octanol–water partition coefficient (Wildman–Crippen LogP) is 5.56. The van der Waals surface area contributed by atoms with E-state index >= 15 is 4.79 Å². The Bertz CT molecular complexity index is 2230. The van der Waals surface area contributed by atoms with Crippen molar-refractivity contribution >= 4 is 43.9 Å². The molecule has 1 saturated heterocycles. The van der Waals surface area contributed by atoms with Crippen molar-refractivity contribution in [2.45, 2.75) is 159 Å². The smallest absolute Gasteiger partial charge is 0.338 e. The van der Waals surface area contributed by atoms with Gasteiger partial charge in [0.05, 0.1) is 35.1 Å². The predicted molar refractivity (Wildman–Crippen MR) is 237 cm³/mol. The molecule has 10 atom stereocenters. The van der Waals surface area contributed by atoms with Crippen LogP contribution in [0.4, 0.5) is 0 Å². The zero-order valence-corrected chi connectivity index (χ0v) is 39.8. The van der Waals surface area contributed by atoms with Gasteiger partial charge in [0, 0.05) is 37.7 Å². The molecule has 0 radical (unpaired) electrons. The van der Waals surface area contributed by atoms with Gasteiger partial charge in [-0.3, -0.25) is 19.2 Å². The highest BCUT2D eigenvalue weighted by atomic mass is 28.4. The minimum Gasteiger partial charge on any atom is -0.456 e. The van der Waals surface area contributed by atoms with Crippen molar-refractivity contribution in [3.8, 4) is 0 Å². The Morgan fingerprint density at radius 3 is 1.95 bits per heavy atom. The summed E-state index contributed by atoms with van der Waals surface area (Å²) >= 11 is 0.